The Morgan fingerprint density at radius 2 is 1.79 bits per heavy atom. The highest BCUT2D eigenvalue weighted by atomic mass is 32.2. The molecule has 0 saturated carbocycles. The predicted octanol–water partition coefficient (Wildman–Crippen LogP) is 3.40. The number of rotatable bonds is 7. The zero-order valence-electron chi connectivity index (χ0n) is 15.1. The fourth-order valence-electron chi connectivity index (χ4n) is 2.44. The number of sulfonamides is 1. The third kappa shape index (κ3) is 4.85. The Morgan fingerprint density at radius 1 is 1.07 bits per heavy atom. The molecule has 0 fully saturated rings. The molecule has 6 nitrogen and oxygen atoms in total. The summed E-state index contributed by atoms with van der Waals surface area (Å²) in [6.07, 6.45) is 1.52. The van der Waals surface area contributed by atoms with Crippen molar-refractivity contribution in [1.29, 1.82) is 0 Å². The molecule has 3 aromatic rings. The Hall–Kier alpha value is -2.97. The number of thiophene rings is 1. The van der Waals surface area contributed by atoms with Crippen LogP contribution in [0.25, 0.3) is 0 Å². The van der Waals surface area contributed by atoms with E-state index in [1.165, 1.54) is 29.7 Å². The van der Waals surface area contributed by atoms with Crippen molar-refractivity contribution in [2.45, 2.75) is 11.8 Å². The molecule has 0 aliphatic rings. The van der Waals surface area contributed by atoms with Gasteiger partial charge in [0, 0.05) is 4.88 Å². The monoisotopic (exact) mass is 413 g/mol. The first kappa shape index (κ1) is 19.8. The summed E-state index contributed by atoms with van der Waals surface area (Å²) in [5.41, 5.74) is 3.79. The molecule has 1 amide bonds. The van der Waals surface area contributed by atoms with E-state index in [1.54, 1.807) is 42.5 Å². The van der Waals surface area contributed by atoms with Gasteiger partial charge in [0.25, 0.3) is 15.9 Å². The first-order chi connectivity index (χ1) is 13.5. The maximum Gasteiger partial charge on any atom is 0.264 e. The molecule has 0 aliphatic heterocycles. The molecule has 3 rings (SSSR count). The minimum absolute atomic E-state index is 0.116. The number of carbonyl (C=O) groups is 1. The number of nitrogens with zero attached hydrogens (tertiary/aromatic N) is 2. The van der Waals surface area contributed by atoms with Crippen molar-refractivity contribution in [2.24, 2.45) is 5.10 Å². The molecule has 0 unspecified atom stereocenters. The van der Waals surface area contributed by atoms with Crippen LogP contribution in [-0.4, -0.2) is 27.1 Å². The van der Waals surface area contributed by atoms with Crippen LogP contribution in [0.4, 0.5) is 5.69 Å². The Balaban J connectivity index is 1.84. The van der Waals surface area contributed by atoms with Crippen LogP contribution in [0, 0.1) is 6.92 Å². The fraction of sp³-hybridized carbons (Fsp3) is 0.100. The predicted molar refractivity (Wildman–Crippen MR) is 112 cm³/mol. The molecule has 0 radical (unpaired) electrons. The van der Waals surface area contributed by atoms with Gasteiger partial charge in [0.15, 0.2) is 0 Å². The molecular weight excluding hydrogens is 394 g/mol. The van der Waals surface area contributed by atoms with Gasteiger partial charge in [-0.2, -0.15) is 5.10 Å². The lowest BCUT2D eigenvalue weighted by Crippen LogP contribution is -2.39. The Kier molecular flexibility index (Phi) is 6.23. The highest BCUT2D eigenvalue weighted by Gasteiger charge is 2.26. The van der Waals surface area contributed by atoms with Gasteiger partial charge in [0.2, 0.25) is 0 Å². The minimum Gasteiger partial charge on any atom is -0.271 e. The number of nitrogens with one attached hydrogen (secondary N) is 1. The van der Waals surface area contributed by atoms with Crippen LogP contribution in [-0.2, 0) is 14.8 Å². The number of hydrogen-bond donors (Lipinski definition) is 1. The van der Waals surface area contributed by atoms with Gasteiger partial charge in [0.1, 0.15) is 6.54 Å². The Morgan fingerprint density at radius 3 is 2.43 bits per heavy atom. The van der Waals surface area contributed by atoms with E-state index in [4.69, 9.17) is 0 Å². The average molecular weight is 414 g/mol. The van der Waals surface area contributed by atoms with Gasteiger partial charge in [-0.1, -0.05) is 42.0 Å². The van der Waals surface area contributed by atoms with Crippen LogP contribution in [0.5, 0.6) is 0 Å². The summed E-state index contributed by atoms with van der Waals surface area (Å²) in [6, 6.07) is 18.7. The summed E-state index contributed by atoms with van der Waals surface area (Å²) < 4.78 is 27.3. The van der Waals surface area contributed by atoms with E-state index < -0.39 is 15.9 Å². The van der Waals surface area contributed by atoms with Crippen molar-refractivity contribution in [3.8, 4) is 0 Å². The number of hydrogen-bond acceptors (Lipinski definition) is 5. The first-order valence-electron chi connectivity index (χ1n) is 8.47. The van der Waals surface area contributed by atoms with Gasteiger partial charge in [-0.25, -0.2) is 13.8 Å². The summed E-state index contributed by atoms with van der Waals surface area (Å²) in [6.45, 7) is 1.52. The molecule has 2 aromatic carbocycles. The van der Waals surface area contributed by atoms with Crippen molar-refractivity contribution >= 4 is 39.2 Å². The van der Waals surface area contributed by atoms with Gasteiger partial charge < -0.3 is 0 Å². The molecule has 144 valence electrons. The highest BCUT2D eigenvalue weighted by molar-refractivity contribution is 7.92. The largest absolute Gasteiger partial charge is 0.271 e. The first-order valence-corrected chi connectivity index (χ1v) is 10.8. The number of anilines is 1. The molecule has 0 aliphatic carbocycles. The fourth-order valence-corrected chi connectivity index (χ4v) is 4.47. The molecule has 0 saturated heterocycles. The lowest BCUT2D eigenvalue weighted by Gasteiger charge is -2.23. The minimum atomic E-state index is -3.91. The lowest BCUT2D eigenvalue weighted by molar-refractivity contribution is -0.119. The number of aryl methyl sites for hydroxylation is 1. The maximum absolute atomic E-state index is 13.1. The molecule has 0 bridgehead atoms. The standard InChI is InChI=1S/C20H19N3O3S2/c1-16-9-11-17(12-10-16)23(28(25,26)19-7-3-2-4-8-19)15-20(24)22-21-14-18-6-5-13-27-18/h2-14H,15H2,1H3,(H,22,24)/b21-14+. The zero-order valence-corrected chi connectivity index (χ0v) is 16.8. The number of hydrazone groups is 1. The molecule has 0 spiro atoms. The molecule has 8 heteroatoms. The van der Waals surface area contributed by atoms with Gasteiger partial charge in [0.05, 0.1) is 16.8 Å². The van der Waals surface area contributed by atoms with Crippen LogP contribution >= 0.6 is 11.3 Å². The van der Waals surface area contributed by atoms with Crippen LogP contribution in [0.3, 0.4) is 0 Å². The second-order valence-electron chi connectivity index (χ2n) is 5.97. The van der Waals surface area contributed by atoms with Gasteiger partial charge in [-0.05, 0) is 42.6 Å². The van der Waals surface area contributed by atoms with Crippen molar-refractivity contribution < 1.29 is 13.2 Å². The van der Waals surface area contributed by atoms with Gasteiger partial charge in [-0.15, -0.1) is 11.3 Å². The van der Waals surface area contributed by atoms with Crippen molar-refractivity contribution in [3.63, 3.8) is 0 Å². The van der Waals surface area contributed by atoms with Crippen LogP contribution in [0.15, 0.2) is 82.1 Å². The zero-order chi connectivity index (χ0) is 20.0. The molecule has 1 aromatic heterocycles. The van der Waals surface area contributed by atoms with Crippen molar-refractivity contribution in [3.05, 3.63) is 82.6 Å². The topological polar surface area (TPSA) is 78.8 Å². The number of benzene rings is 2. The molecule has 1 heterocycles. The van der Waals surface area contributed by atoms with Gasteiger partial charge in [-0.3, -0.25) is 9.10 Å². The molecule has 28 heavy (non-hydrogen) atoms. The normalized spacial score (nSPS) is 11.5. The molecule has 1 N–H and O–H groups in total. The molecular formula is C20H19N3O3S2. The van der Waals surface area contributed by atoms with Gasteiger partial charge >= 0.3 is 0 Å². The SMILES string of the molecule is Cc1ccc(N(CC(=O)N/N=C/c2cccs2)S(=O)(=O)c2ccccc2)cc1. The van der Waals surface area contributed by atoms with Crippen LogP contribution in [0.1, 0.15) is 10.4 Å². The van der Waals surface area contributed by atoms with E-state index in [1.807, 2.05) is 24.4 Å². The third-order valence-electron chi connectivity index (χ3n) is 3.86. The summed E-state index contributed by atoms with van der Waals surface area (Å²) in [4.78, 5) is 13.4. The number of amides is 1. The average Bonchev–Trinajstić information content (AvgIpc) is 3.21. The Bertz CT molecular complexity index is 1050. The maximum atomic E-state index is 13.1. The number of carbonyl (C=O) groups excluding carboxylic acids is 1. The smallest absolute Gasteiger partial charge is 0.264 e. The van der Waals surface area contributed by atoms with E-state index in [0.29, 0.717) is 5.69 Å². The van der Waals surface area contributed by atoms with Crippen LogP contribution in [0.2, 0.25) is 0 Å². The lowest BCUT2D eigenvalue weighted by atomic mass is 10.2. The van der Waals surface area contributed by atoms with Crippen molar-refractivity contribution in [1.82, 2.24) is 5.43 Å². The second kappa shape index (κ2) is 8.81. The summed E-state index contributed by atoms with van der Waals surface area (Å²) >= 11 is 1.48. The van der Waals surface area contributed by atoms with Crippen LogP contribution < -0.4 is 9.73 Å². The second-order valence-corrected chi connectivity index (χ2v) is 8.81. The summed E-state index contributed by atoms with van der Waals surface area (Å²) in [5, 5.41) is 5.79. The summed E-state index contributed by atoms with van der Waals surface area (Å²) in [5.74, 6) is -0.534. The van der Waals surface area contributed by atoms with E-state index in [2.05, 4.69) is 10.5 Å². The highest BCUT2D eigenvalue weighted by Crippen LogP contribution is 2.23. The van der Waals surface area contributed by atoms with E-state index >= 15 is 0 Å². The molecule has 0 atom stereocenters. The third-order valence-corrected chi connectivity index (χ3v) is 6.46. The quantitative estimate of drug-likeness (QED) is 0.476. The Labute approximate surface area is 168 Å². The van der Waals surface area contributed by atoms with E-state index in [0.717, 1.165) is 14.7 Å². The summed E-state index contributed by atoms with van der Waals surface area (Å²) in [7, 11) is -3.91. The van der Waals surface area contributed by atoms with E-state index in [9.17, 15) is 13.2 Å². The van der Waals surface area contributed by atoms with E-state index in [-0.39, 0.29) is 11.4 Å². The van der Waals surface area contributed by atoms with Crippen molar-refractivity contribution in [2.75, 3.05) is 10.8 Å².